The minimum absolute atomic E-state index is 0.657. The van der Waals surface area contributed by atoms with E-state index in [1.165, 1.54) is 36.1 Å². The van der Waals surface area contributed by atoms with Gasteiger partial charge in [0, 0.05) is 19.1 Å². The summed E-state index contributed by atoms with van der Waals surface area (Å²) in [6.07, 6.45) is 2.61. The van der Waals surface area contributed by atoms with Gasteiger partial charge in [-0.3, -0.25) is 0 Å². The van der Waals surface area contributed by atoms with Gasteiger partial charge in [0.25, 0.3) is 0 Å². The van der Waals surface area contributed by atoms with E-state index in [-0.39, 0.29) is 0 Å². The van der Waals surface area contributed by atoms with Gasteiger partial charge in [0.2, 0.25) is 0 Å². The number of methoxy groups -OCH3 is 1. The Kier molecular flexibility index (Phi) is 4.61. The van der Waals surface area contributed by atoms with E-state index in [9.17, 15) is 0 Å². The third-order valence-corrected chi connectivity index (χ3v) is 3.94. The first-order valence-electron chi connectivity index (χ1n) is 6.79. The van der Waals surface area contributed by atoms with Crippen molar-refractivity contribution < 1.29 is 4.74 Å². The maximum absolute atomic E-state index is 5.34. The number of hydrogen-bond acceptors (Lipinski definition) is 3. The third-order valence-electron chi connectivity index (χ3n) is 3.94. The van der Waals surface area contributed by atoms with Crippen LogP contribution in [0.2, 0.25) is 0 Å². The van der Waals surface area contributed by atoms with Crippen LogP contribution in [0.3, 0.4) is 0 Å². The predicted octanol–water partition coefficient (Wildman–Crippen LogP) is 2.15. The summed E-state index contributed by atoms with van der Waals surface area (Å²) in [4.78, 5) is 0. The zero-order chi connectivity index (χ0) is 13.0. The highest BCUT2D eigenvalue weighted by molar-refractivity contribution is 5.43. The van der Waals surface area contributed by atoms with Crippen molar-refractivity contribution in [2.45, 2.75) is 39.3 Å². The molecule has 1 heterocycles. The lowest BCUT2D eigenvalue weighted by Gasteiger charge is -2.15. The molecule has 1 atom stereocenters. The molecule has 1 aliphatic rings. The lowest BCUT2D eigenvalue weighted by Crippen LogP contribution is -2.33. The van der Waals surface area contributed by atoms with Crippen LogP contribution in [-0.2, 0) is 6.54 Å². The number of rotatable bonds is 5. The molecule has 0 radical (unpaired) electrons. The Morgan fingerprint density at radius 3 is 2.83 bits per heavy atom. The van der Waals surface area contributed by atoms with Crippen LogP contribution < -0.4 is 15.4 Å². The lowest BCUT2D eigenvalue weighted by molar-refractivity contribution is 0.411. The van der Waals surface area contributed by atoms with Gasteiger partial charge in [-0.15, -0.1) is 0 Å². The van der Waals surface area contributed by atoms with Crippen LogP contribution in [0.15, 0.2) is 12.1 Å². The highest BCUT2D eigenvalue weighted by Gasteiger charge is 2.13. The predicted molar refractivity (Wildman–Crippen MR) is 75.2 cm³/mol. The largest absolute Gasteiger partial charge is 0.496 e. The van der Waals surface area contributed by atoms with E-state index in [2.05, 4.69) is 36.6 Å². The van der Waals surface area contributed by atoms with Crippen molar-refractivity contribution in [3.05, 3.63) is 28.8 Å². The van der Waals surface area contributed by atoms with E-state index in [0.717, 1.165) is 18.8 Å². The van der Waals surface area contributed by atoms with E-state index in [1.54, 1.807) is 7.11 Å². The van der Waals surface area contributed by atoms with Crippen LogP contribution >= 0.6 is 0 Å². The van der Waals surface area contributed by atoms with Crippen molar-refractivity contribution in [3.63, 3.8) is 0 Å². The van der Waals surface area contributed by atoms with Gasteiger partial charge in [0.1, 0.15) is 5.75 Å². The minimum atomic E-state index is 0.657. The molecule has 0 aliphatic carbocycles. The first kappa shape index (κ1) is 13.4. The van der Waals surface area contributed by atoms with Gasteiger partial charge < -0.3 is 15.4 Å². The molecule has 1 aromatic carbocycles. The molecular weight excluding hydrogens is 224 g/mol. The normalized spacial score (nSPS) is 19.2. The highest BCUT2D eigenvalue weighted by atomic mass is 16.5. The lowest BCUT2D eigenvalue weighted by atomic mass is 10.0. The minimum Gasteiger partial charge on any atom is -0.496 e. The average molecular weight is 248 g/mol. The highest BCUT2D eigenvalue weighted by Crippen LogP contribution is 2.23. The Morgan fingerprint density at radius 1 is 1.33 bits per heavy atom. The Morgan fingerprint density at radius 2 is 2.17 bits per heavy atom. The summed E-state index contributed by atoms with van der Waals surface area (Å²) >= 11 is 0. The first-order valence-corrected chi connectivity index (χ1v) is 6.79. The molecule has 2 rings (SSSR count). The van der Waals surface area contributed by atoms with E-state index in [1.807, 2.05) is 0 Å². The second kappa shape index (κ2) is 6.21. The van der Waals surface area contributed by atoms with Crippen LogP contribution in [0.25, 0.3) is 0 Å². The smallest absolute Gasteiger partial charge is 0.122 e. The number of hydrogen-bond donors (Lipinski definition) is 2. The molecule has 1 fully saturated rings. The third kappa shape index (κ3) is 3.03. The van der Waals surface area contributed by atoms with Crippen LogP contribution in [0.5, 0.6) is 5.75 Å². The molecule has 1 aromatic rings. The molecule has 100 valence electrons. The molecular formula is C15H24N2O. The SMILES string of the molecule is COc1ccc(CNCC2CCCN2)c(C)c1C. The Balaban J connectivity index is 1.90. The van der Waals surface area contributed by atoms with Gasteiger partial charge in [-0.1, -0.05) is 6.07 Å². The Labute approximate surface area is 110 Å². The maximum atomic E-state index is 5.34. The van der Waals surface area contributed by atoms with Crippen LogP contribution in [0.1, 0.15) is 29.5 Å². The van der Waals surface area contributed by atoms with Crippen molar-refractivity contribution in [2.24, 2.45) is 0 Å². The second-order valence-electron chi connectivity index (χ2n) is 5.10. The molecule has 1 saturated heterocycles. The molecule has 0 spiro atoms. The van der Waals surface area contributed by atoms with Crippen molar-refractivity contribution in [1.82, 2.24) is 10.6 Å². The van der Waals surface area contributed by atoms with Crippen LogP contribution in [-0.4, -0.2) is 26.2 Å². The first-order chi connectivity index (χ1) is 8.72. The van der Waals surface area contributed by atoms with E-state index in [4.69, 9.17) is 4.74 Å². The van der Waals surface area contributed by atoms with Crippen molar-refractivity contribution in [3.8, 4) is 5.75 Å². The van der Waals surface area contributed by atoms with Crippen molar-refractivity contribution in [1.29, 1.82) is 0 Å². The molecule has 3 nitrogen and oxygen atoms in total. The monoisotopic (exact) mass is 248 g/mol. The van der Waals surface area contributed by atoms with Gasteiger partial charge in [-0.25, -0.2) is 0 Å². The quantitative estimate of drug-likeness (QED) is 0.837. The van der Waals surface area contributed by atoms with Crippen molar-refractivity contribution in [2.75, 3.05) is 20.2 Å². The van der Waals surface area contributed by atoms with E-state index in [0.29, 0.717) is 6.04 Å². The van der Waals surface area contributed by atoms with Crippen molar-refractivity contribution >= 4 is 0 Å². The molecule has 3 heteroatoms. The number of nitrogens with one attached hydrogen (secondary N) is 2. The summed E-state index contributed by atoms with van der Waals surface area (Å²) in [6, 6.07) is 4.88. The summed E-state index contributed by atoms with van der Waals surface area (Å²) in [5.74, 6) is 0.980. The molecule has 0 aromatic heterocycles. The molecule has 18 heavy (non-hydrogen) atoms. The molecule has 0 saturated carbocycles. The maximum Gasteiger partial charge on any atom is 0.122 e. The van der Waals surface area contributed by atoms with E-state index < -0.39 is 0 Å². The van der Waals surface area contributed by atoms with Gasteiger partial charge in [0.05, 0.1) is 7.11 Å². The van der Waals surface area contributed by atoms with Gasteiger partial charge >= 0.3 is 0 Å². The fraction of sp³-hybridized carbons (Fsp3) is 0.600. The fourth-order valence-electron chi connectivity index (χ4n) is 2.58. The molecule has 1 unspecified atom stereocenters. The zero-order valence-electron chi connectivity index (χ0n) is 11.7. The Hall–Kier alpha value is -1.06. The molecule has 0 amide bonds. The topological polar surface area (TPSA) is 33.3 Å². The fourth-order valence-corrected chi connectivity index (χ4v) is 2.58. The van der Waals surface area contributed by atoms with Gasteiger partial charge in [-0.05, 0) is 56.0 Å². The average Bonchev–Trinajstić information content (AvgIpc) is 2.88. The van der Waals surface area contributed by atoms with Gasteiger partial charge in [0.15, 0.2) is 0 Å². The summed E-state index contributed by atoms with van der Waals surface area (Å²) in [5.41, 5.74) is 3.95. The summed E-state index contributed by atoms with van der Waals surface area (Å²) in [6.45, 7) is 7.46. The number of ether oxygens (including phenoxy) is 1. The standard InChI is InChI=1S/C15H24N2O/c1-11-12(2)15(18-3)7-6-13(11)9-16-10-14-5-4-8-17-14/h6-7,14,16-17H,4-5,8-10H2,1-3H3. The second-order valence-corrected chi connectivity index (χ2v) is 5.10. The summed E-state index contributed by atoms with van der Waals surface area (Å²) < 4.78 is 5.34. The Bertz CT molecular complexity index is 398. The zero-order valence-corrected chi connectivity index (χ0v) is 11.7. The molecule has 2 N–H and O–H groups in total. The van der Waals surface area contributed by atoms with E-state index >= 15 is 0 Å². The van der Waals surface area contributed by atoms with Gasteiger partial charge in [-0.2, -0.15) is 0 Å². The summed E-state index contributed by atoms with van der Waals surface area (Å²) in [5, 5.41) is 7.05. The molecule has 0 bridgehead atoms. The van der Waals surface area contributed by atoms with Crippen LogP contribution in [0.4, 0.5) is 0 Å². The molecule has 1 aliphatic heterocycles. The number of benzene rings is 1. The summed E-state index contributed by atoms with van der Waals surface area (Å²) in [7, 11) is 1.73. The van der Waals surface area contributed by atoms with Crippen LogP contribution in [0, 0.1) is 13.8 Å².